The summed E-state index contributed by atoms with van der Waals surface area (Å²) < 4.78 is 54.3. The molecule has 0 bridgehead atoms. The van der Waals surface area contributed by atoms with Crippen molar-refractivity contribution in [1.29, 1.82) is 0 Å². The number of fused-ring (bicyclic) bond motifs is 1. The lowest BCUT2D eigenvalue weighted by molar-refractivity contribution is -0.387. The summed E-state index contributed by atoms with van der Waals surface area (Å²) in [4.78, 5) is 9.63. The van der Waals surface area contributed by atoms with E-state index in [1.165, 1.54) is 10.6 Å². The highest BCUT2D eigenvalue weighted by atomic mass is 19.4. The van der Waals surface area contributed by atoms with Gasteiger partial charge in [0.2, 0.25) is 5.82 Å². The first kappa shape index (κ1) is 12.9. The molecule has 0 N–H and O–H groups in total. The summed E-state index contributed by atoms with van der Waals surface area (Å²) in [6.07, 6.45) is -2.47. The van der Waals surface area contributed by atoms with Gasteiger partial charge in [-0.25, -0.2) is 0 Å². The molecule has 20 heavy (non-hydrogen) atoms. The lowest BCUT2D eigenvalue weighted by atomic mass is 10.1. The number of hydrogen-bond acceptors (Lipinski definition) is 2. The van der Waals surface area contributed by atoms with E-state index in [9.17, 15) is 27.7 Å². The minimum Gasteiger partial charge on any atom is -0.344 e. The average molecular weight is 288 g/mol. The van der Waals surface area contributed by atoms with Gasteiger partial charge in [-0.1, -0.05) is 0 Å². The molecule has 8 heteroatoms. The van der Waals surface area contributed by atoms with Crippen LogP contribution in [0.1, 0.15) is 24.4 Å². The number of hydrogen-bond donors (Lipinski definition) is 0. The fourth-order valence-electron chi connectivity index (χ4n) is 2.31. The van der Waals surface area contributed by atoms with Gasteiger partial charge in [0.05, 0.1) is 21.4 Å². The van der Waals surface area contributed by atoms with Gasteiger partial charge in [0.15, 0.2) is 0 Å². The van der Waals surface area contributed by atoms with Crippen LogP contribution in [0.25, 0.3) is 10.9 Å². The summed E-state index contributed by atoms with van der Waals surface area (Å²) >= 11 is 0. The zero-order valence-corrected chi connectivity index (χ0v) is 9.95. The minimum absolute atomic E-state index is 0.0444. The molecule has 0 radical (unpaired) electrons. The normalized spacial score (nSPS) is 15.8. The lowest BCUT2D eigenvalue weighted by Gasteiger charge is -2.04. The Balaban J connectivity index is 2.37. The van der Waals surface area contributed by atoms with E-state index < -0.39 is 33.6 Å². The number of rotatable bonds is 2. The largest absolute Gasteiger partial charge is 0.418 e. The molecule has 1 heterocycles. The van der Waals surface area contributed by atoms with Crippen LogP contribution in [0.5, 0.6) is 0 Å². The molecular formula is C12H8F4N2O2. The van der Waals surface area contributed by atoms with Crippen molar-refractivity contribution in [3.05, 3.63) is 39.8 Å². The molecule has 4 nitrogen and oxygen atoms in total. The average Bonchev–Trinajstić information content (AvgIpc) is 3.08. The van der Waals surface area contributed by atoms with E-state index in [4.69, 9.17) is 0 Å². The minimum atomic E-state index is -4.76. The predicted molar refractivity (Wildman–Crippen MR) is 61.8 cm³/mol. The molecule has 0 amide bonds. The van der Waals surface area contributed by atoms with Crippen LogP contribution in [0.15, 0.2) is 18.3 Å². The predicted octanol–water partition coefficient (Wildman–Crippen LogP) is 4.04. The Morgan fingerprint density at radius 1 is 1.30 bits per heavy atom. The molecule has 0 spiro atoms. The Bertz CT molecular complexity index is 716. The second kappa shape index (κ2) is 3.94. The van der Waals surface area contributed by atoms with Gasteiger partial charge in [0.1, 0.15) is 0 Å². The van der Waals surface area contributed by atoms with Crippen LogP contribution >= 0.6 is 0 Å². The van der Waals surface area contributed by atoms with Crippen LogP contribution in [-0.2, 0) is 6.18 Å². The number of halogens is 4. The van der Waals surface area contributed by atoms with Crippen molar-refractivity contribution in [2.75, 3.05) is 0 Å². The quantitative estimate of drug-likeness (QED) is 0.475. The maximum Gasteiger partial charge on any atom is 0.418 e. The summed E-state index contributed by atoms with van der Waals surface area (Å²) in [5.41, 5.74) is -2.07. The van der Waals surface area contributed by atoms with E-state index in [2.05, 4.69) is 0 Å². The van der Waals surface area contributed by atoms with E-state index in [1.807, 2.05) is 0 Å². The van der Waals surface area contributed by atoms with Crippen LogP contribution in [0.3, 0.4) is 0 Å². The van der Waals surface area contributed by atoms with E-state index in [0.29, 0.717) is 0 Å². The van der Waals surface area contributed by atoms with Gasteiger partial charge in [0, 0.05) is 18.3 Å². The fraction of sp³-hybridized carbons (Fsp3) is 0.333. The van der Waals surface area contributed by atoms with Gasteiger partial charge in [-0.3, -0.25) is 10.1 Å². The van der Waals surface area contributed by atoms with E-state index >= 15 is 0 Å². The standard InChI is InChI=1S/C12H8F4N2O2/c13-11-9(18(19)20)4-3-8-10(11)7(12(14,15)16)5-17(8)6-1-2-6/h3-6H,1-2H2. The molecule has 3 rings (SSSR count). The summed E-state index contributed by atoms with van der Waals surface area (Å²) in [6.45, 7) is 0. The van der Waals surface area contributed by atoms with Crippen LogP contribution in [0.4, 0.5) is 23.2 Å². The molecular weight excluding hydrogens is 280 g/mol. The van der Waals surface area contributed by atoms with Gasteiger partial charge < -0.3 is 4.57 Å². The van der Waals surface area contributed by atoms with Crippen molar-refractivity contribution in [3.8, 4) is 0 Å². The highest BCUT2D eigenvalue weighted by Gasteiger charge is 2.39. The molecule has 0 saturated heterocycles. The van der Waals surface area contributed by atoms with Crippen LogP contribution in [-0.4, -0.2) is 9.49 Å². The Hall–Kier alpha value is -2.12. The molecule has 0 aliphatic heterocycles. The Kier molecular flexibility index (Phi) is 2.54. The first-order valence-electron chi connectivity index (χ1n) is 5.85. The van der Waals surface area contributed by atoms with Crippen LogP contribution in [0.2, 0.25) is 0 Å². The van der Waals surface area contributed by atoms with Crippen molar-refractivity contribution in [2.24, 2.45) is 0 Å². The third-order valence-corrected chi connectivity index (χ3v) is 3.36. The lowest BCUT2D eigenvalue weighted by Crippen LogP contribution is -2.05. The second-order valence-electron chi connectivity index (χ2n) is 4.73. The Morgan fingerprint density at radius 3 is 2.45 bits per heavy atom. The van der Waals surface area contributed by atoms with Crippen molar-refractivity contribution in [1.82, 2.24) is 4.57 Å². The molecule has 106 valence electrons. The molecule has 1 aromatic heterocycles. The zero-order valence-electron chi connectivity index (χ0n) is 9.95. The molecule has 1 aliphatic rings. The van der Waals surface area contributed by atoms with Crippen molar-refractivity contribution >= 4 is 16.6 Å². The fourth-order valence-corrected chi connectivity index (χ4v) is 2.31. The van der Waals surface area contributed by atoms with Gasteiger partial charge in [-0.15, -0.1) is 0 Å². The van der Waals surface area contributed by atoms with E-state index in [-0.39, 0.29) is 11.6 Å². The molecule has 2 aromatic rings. The topological polar surface area (TPSA) is 48.1 Å². The Morgan fingerprint density at radius 2 is 1.95 bits per heavy atom. The van der Waals surface area contributed by atoms with Crippen LogP contribution < -0.4 is 0 Å². The number of aromatic nitrogens is 1. The van der Waals surface area contributed by atoms with Crippen molar-refractivity contribution < 1.29 is 22.5 Å². The smallest absolute Gasteiger partial charge is 0.344 e. The van der Waals surface area contributed by atoms with Gasteiger partial charge in [0.25, 0.3) is 0 Å². The summed E-state index contributed by atoms with van der Waals surface area (Å²) in [7, 11) is 0. The van der Waals surface area contributed by atoms with Gasteiger partial charge in [-0.2, -0.15) is 17.6 Å². The molecule has 1 saturated carbocycles. The number of benzene rings is 1. The monoisotopic (exact) mass is 288 g/mol. The maximum absolute atomic E-state index is 14.1. The van der Waals surface area contributed by atoms with Gasteiger partial charge >= 0.3 is 11.9 Å². The van der Waals surface area contributed by atoms with Crippen LogP contribution in [0, 0.1) is 15.9 Å². The van der Waals surface area contributed by atoms with Gasteiger partial charge in [-0.05, 0) is 18.9 Å². The summed E-state index contributed by atoms with van der Waals surface area (Å²) in [5.74, 6) is -1.43. The molecule has 1 aliphatic carbocycles. The number of nitro benzene ring substituents is 1. The number of nitro groups is 1. The van der Waals surface area contributed by atoms with Crippen molar-refractivity contribution in [2.45, 2.75) is 25.1 Å². The van der Waals surface area contributed by atoms with Crippen molar-refractivity contribution in [3.63, 3.8) is 0 Å². The third kappa shape index (κ3) is 1.83. The highest BCUT2D eigenvalue weighted by molar-refractivity contribution is 5.87. The van der Waals surface area contributed by atoms with E-state index in [0.717, 1.165) is 25.1 Å². The Labute approximate surface area is 109 Å². The van der Waals surface area contributed by atoms with E-state index in [1.54, 1.807) is 0 Å². The summed E-state index contributed by atoms with van der Waals surface area (Å²) in [5, 5.41) is 9.93. The number of alkyl halides is 3. The highest BCUT2D eigenvalue weighted by Crippen LogP contribution is 2.44. The molecule has 0 atom stereocenters. The summed E-state index contributed by atoms with van der Waals surface area (Å²) in [6, 6.07) is 1.98. The first-order valence-corrected chi connectivity index (χ1v) is 5.85. The second-order valence-corrected chi connectivity index (χ2v) is 4.73. The third-order valence-electron chi connectivity index (χ3n) is 3.36. The maximum atomic E-state index is 14.1. The SMILES string of the molecule is O=[N+]([O-])c1ccc2c(c(C(F)(F)F)cn2C2CC2)c1F. The molecule has 0 unspecified atom stereocenters. The number of nitrogens with zero attached hydrogens (tertiary/aromatic N) is 2. The zero-order chi connectivity index (χ0) is 14.7. The molecule has 1 fully saturated rings. The molecule has 1 aromatic carbocycles. The first-order chi connectivity index (χ1) is 9.30.